The number of nitrogens with one attached hydrogen (secondary N) is 1. The van der Waals surface area contributed by atoms with E-state index < -0.39 is 0 Å². The zero-order valence-corrected chi connectivity index (χ0v) is 9.89. The second-order valence-electron chi connectivity index (χ2n) is 5.21. The van der Waals surface area contributed by atoms with Crippen LogP contribution in [0.4, 0.5) is 0 Å². The van der Waals surface area contributed by atoms with Crippen molar-refractivity contribution in [3.8, 4) is 0 Å². The highest BCUT2D eigenvalue weighted by Gasteiger charge is 2.46. The fourth-order valence-electron chi connectivity index (χ4n) is 2.76. The first kappa shape index (κ1) is 11.0. The Balaban J connectivity index is 1.60. The normalized spacial score (nSPS) is 32.1. The van der Waals surface area contributed by atoms with Crippen molar-refractivity contribution in [2.75, 3.05) is 13.1 Å². The van der Waals surface area contributed by atoms with Gasteiger partial charge in [-0.15, -0.1) is 0 Å². The minimum atomic E-state index is -0.0755. The van der Waals surface area contributed by atoms with E-state index in [1.165, 1.54) is 17.7 Å². The lowest BCUT2D eigenvalue weighted by Crippen LogP contribution is -2.37. The summed E-state index contributed by atoms with van der Waals surface area (Å²) in [6.07, 6.45) is 7.99. The highest BCUT2D eigenvalue weighted by Crippen LogP contribution is 2.34. The third kappa shape index (κ3) is 2.02. The van der Waals surface area contributed by atoms with Crippen molar-refractivity contribution in [3.05, 3.63) is 12.2 Å². The Morgan fingerprint density at radius 3 is 2.24 bits per heavy atom. The summed E-state index contributed by atoms with van der Waals surface area (Å²) in [5.74, 6) is -0.0641. The molecule has 17 heavy (non-hydrogen) atoms. The van der Waals surface area contributed by atoms with Crippen molar-refractivity contribution >= 4 is 11.8 Å². The highest BCUT2D eigenvalue weighted by atomic mass is 16.2. The van der Waals surface area contributed by atoms with Gasteiger partial charge in [-0.3, -0.25) is 14.5 Å². The zero-order chi connectivity index (χ0) is 11.8. The molecule has 2 amide bonds. The van der Waals surface area contributed by atoms with E-state index in [9.17, 15) is 9.59 Å². The molecule has 0 spiro atoms. The number of carbonyl (C=O) groups excluding carboxylic acids is 2. The quantitative estimate of drug-likeness (QED) is 0.575. The average Bonchev–Trinajstić information content (AvgIpc) is 3.13. The number of carbonyl (C=O) groups is 2. The molecule has 3 aliphatic rings. The number of fused-ring (bicyclic) bond motifs is 1. The summed E-state index contributed by atoms with van der Waals surface area (Å²) in [4.78, 5) is 25.6. The molecule has 2 fully saturated rings. The van der Waals surface area contributed by atoms with Crippen LogP contribution in [-0.4, -0.2) is 35.8 Å². The molecule has 92 valence electrons. The predicted octanol–water partition coefficient (Wildman–Crippen LogP) is 0.690. The second kappa shape index (κ2) is 4.26. The molecular formula is C13H18N2O2. The van der Waals surface area contributed by atoms with Crippen LogP contribution in [-0.2, 0) is 9.59 Å². The molecule has 2 aliphatic carbocycles. The number of amides is 2. The van der Waals surface area contributed by atoms with Crippen LogP contribution in [0.2, 0.25) is 0 Å². The van der Waals surface area contributed by atoms with Gasteiger partial charge in [0.05, 0.1) is 11.8 Å². The van der Waals surface area contributed by atoms with Gasteiger partial charge in [-0.1, -0.05) is 12.2 Å². The van der Waals surface area contributed by atoms with E-state index in [0.717, 1.165) is 19.4 Å². The first-order chi connectivity index (χ1) is 8.27. The van der Waals surface area contributed by atoms with Crippen LogP contribution in [0.25, 0.3) is 0 Å². The summed E-state index contributed by atoms with van der Waals surface area (Å²) in [7, 11) is 0. The maximum absolute atomic E-state index is 12.1. The average molecular weight is 234 g/mol. The lowest BCUT2D eigenvalue weighted by Gasteiger charge is -2.14. The number of hydrogen-bond donors (Lipinski definition) is 1. The number of rotatable bonds is 4. The Kier molecular flexibility index (Phi) is 2.74. The van der Waals surface area contributed by atoms with Crippen LogP contribution in [0.3, 0.4) is 0 Å². The lowest BCUT2D eigenvalue weighted by molar-refractivity contribution is -0.139. The van der Waals surface area contributed by atoms with Gasteiger partial charge in [-0.05, 0) is 25.7 Å². The van der Waals surface area contributed by atoms with Crippen LogP contribution in [0.1, 0.15) is 25.7 Å². The fraction of sp³-hybridized carbons (Fsp3) is 0.692. The van der Waals surface area contributed by atoms with Gasteiger partial charge in [-0.2, -0.15) is 0 Å². The van der Waals surface area contributed by atoms with Crippen LogP contribution >= 0.6 is 0 Å². The minimum absolute atomic E-state index is 0.0435. The van der Waals surface area contributed by atoms with E-state index >= 15 is 0 Å². The lowest BCUT2D eigenvalue weighted by atomic mass is 9.85. The summed E-state index contributed by atoms with van der Waals surface area (Å²) in [5.41, 5.74) is 0. The molecular weight excluding hydrogens is 216 g/mol. The molecule has 1 saturated carbocycles. The Bertz CT molecular complexity index is 348. The third-order valence-corrected chi connectivity index (χ3v) is 3.94. The number of likely N-dealkylation sites (tertiary alicyclic amines) is 1. The van der Waals surface area contributed by atoms with Crippen molar-refractivity contribution in [3.63, 3.8) is 0 Å². The molecule has 2 atom stereocenters. The minimum Gasteiger partial charge on any atom is -0.312 e. The highest BCUT2D eigenvalue weighted by molar-refractivity contribution is 6.05. The van der Waals surface area contributed by atoms with Gasteiger partial charge in [0.15, 0.2) is 0 Å². The Labute approximate surface area is 101 Å². The smallest absolute Gasteiger partial charge is 0.233 e. The molecule has 4 nitrogen and oxygen atoms in total. The number of allylic oxidation sites excluding steroid dienone is 2. The van der Waals surface area contributed by atoms with Crippen LogP contribution in [0.5, 0.6) is 0 Å². The van der Waals surface area contributed by atoms with E-state index in [4.69, 9.17) is 0 Å². The van der Waals surface area contributed by atoms with Crippen molar-refractivity contribution in [1.29, 1.82) is 0 Å². The zero-order valence-electron chi connectivity index (χ0n) is 9.89. The van der Waals surface area contributed by atoms with Crippen LogP contribution < -0.4 is 5.32 Å². The standard InChI is InChI=1S/C13H18N2O2/c16-12-10-3-1-2-4-11(10)13(17)15(12)8-7-14-9-5-6-9/h1-2,9-11,14H,3-8H2. The second-order valence-corrected chi connectivity index (χ2v) is 5.21. The molecule has 2 unspecified atom stereocenters. The van der Waals surface area contributed by atoms with Crippen molar-refractivity contribution < 1.29 is 9.59 Å². The number of hydrogen-bond acceptors (Lipinski definition) is 3. The SMILES string of the molecule is O=C1C2CC=CCC2C(=O)N1CCNC1CC1. The maximum atomic E-state index is 12.1. The van der Waals surface area contributed by atoms with Crippen molar-refractivity contribution in [2.24, 2.45) is 11.8 Å². The first-order valence-corrected chi connectivity index (χ1v) is 6.51. The molecule has 0 bridgehead atoms. The van der Waals surface area contributed by atoms with E-state index in [-0.39, 0.29) is 23.7 Å². The van der Waals surface area contributed by atoms with Gasteiger partial charge < -0.3 is 5.32 Å². The molecule has 0 aromatic heterocycles. The van der Waals surface area contributed by atoms with E-state index in [1.807, 2.05) is 12.2 Å². The van der Waals surface area contributed by atoms with Gasteiger partial charge in [0.1, 0.15) is 0 Å². The van der Waals surface area contributed by atoms with Crippen molar-refractivity contribution in [1.82, 2.24) is 10.2 Å². The molecule has 0 aromatic rings. The molecule has 4 heteroatoms. The molecule has 1 saturated heterocycles. The summed E-state index contributed by atoms with van der Waals surface area (Å²) >= 11 is 0. The van der Waals surface area contributed by atoms with Crippen LogP contribution in [0.15, 0.2) is 12.2 Å². The summed E-state index contributed by atoms with van der Waals surface area (Å²) in [6, 6.07) is 0.631. The summed E-state index contributed by atoms with van der Waals surface area (Å²) < 4.78 is 0. The van der Waals surface area contributed by atoms with E-state index in [0.29, 0.717) is 12.6 Å². The first-order valence-electron chi connectivity index (χ1n) is 6.51. The molecule has 0 radical (unpaired) electrons. The van der Waals surface area contributed by atoms with Gasteiger partial charge in [0.2, 0.25) is 11.8 Å². The van der Waals surface area contributed by atoms with Gasteiger partial charge in [0, 0.05) is 19.1 Å². The predicted molar refractivity (Wildman–Crippen MR) is 63.1 cm³/mol. The molecule has 1 aliphatic heterocycles. The summed E-state index contributed by atoms with van der Waals surface area (Å²) in [5, 5.41) is 3.34. The molecule has 1 N–H and O–H groups in total. The number of nitrogens with zero attached hydrogens (tertiary/aromatic N) is 1. The fourth-order valence-corrected chi connectivity index (χ4v) is 2.76. The van der Waals surface area contributed by atoms with Gasteiger partial charge in [0.25, 0.3) is 0 Å². The molecule has 0 aromatic carbocycles. The Morgan fingerprint density at radius 1 is 1.12 bits per heavy atom. The monoisotopic (exact) mass is 234 g/mol. The van der Waals surface area contributed by atoms with Gasteiger partial charge >= 0.3 is 0 Å². The topological polar surface area (TPSA) is 49.4 Å². The molecule has 3 rings (SSSR count). The van der Waals surface area contributed by atoms with Gasteiger partial charge in [-0.25, -0.2) is 0 Å². The Hall–Kier alpha value is -1.16. The van der Waals surface area contributed by atoms with E-state index in [1.54, 1.807) is 0 Å². The maximum Gasteiger partial charge on any atom is 0.233 e. The third-order valence-electron chi connectivity index (χ3n) is 3.94. The largest absolute Gasteiger partial charge is 0.312 e. The summed E-state index contributed by atoms with van der Waals surface area (Å²) in [6.45, 7) is 1.29. The van der Waals surface area contributed by atoms with Crippen molar-refractivity contribution in [2.45, 2.75) is 31.7 Å². The van der Waals surface area contributed by atoms with E-state index in [2.05, 4.69) is 5.32 Å². The Morgan fingerprint density at radius 2 is 1.71 bits per heavy atom. The number of imide groups is 1. The van der Waals surface area contributed by atoms with Crippen LogP contribution in [0, 0.1) is 11.8 Å². The molecule has 1 heterocycles.